The number of aromatic nitrogens is 2. The molecule has 0 unspecified atom stereocenters. The lowest BCUT2D eigenvalue weighted by Crippen LogP contribution is -1.94. The van der Waals surface area contributed by atoms with Crippen molar-refractivity contribution in [3.05, 3.63) is 42.2 Å². The molecule has 0 aliphatic rings. The number of benzene rings is 1. The molecule has 2 rings (SSSR count). The summed E-state index contributed by atoms with van der Waals surface area (Å²) in [5, 5.41) is 4.25. The van der Waals surface area contributed by atoms with Crippen molar-refractivity contribution >= 4 is 11.8 Å². The van der Waals surface area contributed by atoms with Crippen LogP contribution in [0.2, 0.25) is 0 Å². The highest BCUT2D eigenvalue weighted by Gasteiger charge is 2.03. The monoisotopic (exact) mass is 199 g/mol. The van der Waals surface area contributed by atoms with E-state index in [-0.39, 0.29) is 0 Å². The zero-order valence-electron chi connectivity index (χ0n) is 8.21. The van der Waals surface area contributed by atoms with Gasteiger partial charge in [0.15, 0.2) is 0 Å². The van der Waals surface area contributed by atoms with E-state index in [4.69, 9.17) is 0 Å². The van der Waals surface area contributed by atoms with Crippen molar-refractivity contribution in [3.63, 3.8) is 0 Å². The molecule has 0 aliphatic carbocycles. The summed E-state index contributed by atoms with van der Waals surface area (Å²) in [7, 11) is 0. The zero-order chi connectivity index (χ0) is 10.7. The molecule has 0 amide bonds. The number of hydrogen-bond acceptors (Lipinski definition) is 3. The molecule has 0 radical (unpaired) electrons. The molecule has 0 fully saturated rings. The Balaban J connectivity index is 2.56. The van der Waals surface area contributed by atoms with Crippen LogP contribution in [0.4, 0.5) is 5.69 Å². The van der Waals surface area contributed by atoms with E-state index in [0.717, 1.165) is 11.4 Å². The molecule has 74 valence electrons. The summed E-state index contributed by atoms with van der Waals surface area (Å²) < 4.78 is 1.69. The van der Waals surface area contributed by atoms with Crippen LogP contribution in [0.25, 0.3) is 5.69 Å². The summed E-state index contributed by atoms with van der Waals surface area (Å²) in [6.45, 7) is 1.90. The molecule has 15 heavy (non-hydrogen) atoms. The van der Waals surface area contributed by atoms with E-state index < -0.39 is 0 Å². The maximum atomic E-state index is 10.2. The standard InChI is InChI=1S/C11H9N3O/c1-9-6-7-14(13-9)11-5-3-2-4-10(11)12-8-15/h2-7H,1H3. The lowest BCUT2D eigenvalue weighted by molar-refractivity contribution is 0.565. The van der Waals surface area contributed by atoms with Gasteiger partial charge in [0.2, 0.25) is 6.08 Å². The molecule has 0 atom stereocenters. The molecule has 2 aromatic rings. The van der Waals surface area contributed by atoms with Crippen LogP contribution >= 0.6 is 0 Å². The van der Waals surface area contributed by atoms with Gasteiger partial charge in [-0.3, -0.25) is 0 Å². The van der Waals surface area contributed by atoms with Crippen molar-refractivity contribution in [3.8, 4) is 5.69 Å². The Morgan fingerprint density at radius 2 is 2.13 bits per heavy atom. The Morgan fingerprint density at radius 1 is 1.33 bits per heavy atom. The summed E-state index contributed by atoms with van der Waals surface area (Å²) in [5.41, 5.74) is 2.25. The third kappa shape index (κ3) is 1.85. The Morgan fingerprint density at radius 3 is 2.80 bits per heavy atom. The van der Waals surface area contributed by atoms with Gasteiger partial charge in [-0.05, 0) is 25.1 Å². The first-order chi connectivity index (χ1) is 7.31. The van der Waals surface area contributed by atoms with Crippen LogP contribution in [0, 0.1) is 6.92 Å². The lowest BCUT2D eigenvalue weighted by atomic mass is 10.3. The predicted molar refractivity (Wildman–Crippen MR) is 56.1 cm³/mol. The second kappa shape index (κ2) is 3.90. The van der Waals surface area contributed by atoms with E-state index in [0.29, 0.717) is 5.69 Å². The number of isocyanates is 1. The second-order valence-corrected chi connectivity index (χ2v) is 3.09. The number of hydrogen-bond donors (Lipinski definition) is 0. The lowest BCUT2D eigenvalue weighted by Gasteiger charge is -2.03. The first-order valence-corrected chi connectivity index (χ1v) is 4.51. The van der Waals surface area contributed by atoms with E-state index in [2.05, 4.69) is 10.1 Å². The average molecular weight is 199 g/mol. The number of para-hydroxylation sites is 2. The minimum absolute atomic E-state index is 0.565. The van der Waals surface area contributed by atoms with Gasteiger partial charge in [0, 0.05) is 6.20 Å². The molecule has 1 heterocycles. The molecule has 4 nitrogen and oxygen atoms in total. The van der Waals surface area contributed by atoms with Gasteiger partial charge in [0.05, 0.1) is 11.4 Å². The van der Waals surface area contributed by atoms with Gasteiger partial charge in [0.1, 0.15) is 5.69 Å². The normalized spacial score (nSPS) is 9.67. The molecular formula is C11H9N3O. The van der Waals surface area contributed by atoms with E-state index in [1.807, 2.05) is 37.4 Å². The molecule has 1 aromatic carbocycles. The van der Waals surface area contributed by atoms with Crippen molar-refractivity contribution in [1.82, 2.24) is 9.78 Å². The van der Waals surface area contributed by atoms with Crippen molar-refractivity contribution < 1.29 is 4.79 Å². The minimum atomic E-state index is 0.565. The minimum Gasteiger partial charge on any atom is -0.239 e. The highest BCUT2D eigenvalue weighted by molar-refractivity contribution is 5.60. The Kier molecular flexibility index (Phi) is 2.44. The maximum Gasteiger partial charge on any atom is 0.240 e. The Labute approximate surface area is 86.9 Å². The first kappa shape index (κ1) is 9.37. The smallest absolute Gasteiger partial charge is 0.239 e. The summed E-state index contributed by atoms with van der Waals surface area (Å²) in [4.78, 5) is 13.9. The maximum absolute atomic E-state index is 10.2. The third-order valence-corrected chi connectivity index (χ3v) is 2.02. The van der Waals surface area contributed by atoms with Crippen molar-refractivity contribution in [1.29, 1.82) is 0 Å². The van der Waals surface area contributed by atoms with Gasteiger partial charge < -0.3 is 0 Å². The molecule has 4 heteroatoms. The van der Waals surface area contributed by atoms with Crippen LogP contribution in [-0.4, -0.2) is 15.9 Å². The fourth-order valence-corrected chi connectivity index (χ4v) is 1.35. The highest BCUT2D eigenvalue weighted by Crippen LogP contribution is 2.21. The number of aryl methyl sites for hydroxylation is 1. The van der Waals surface area contributed by atoms with Crippen LogP contribution in [-0.2, 0) is 4.79 Å². The van der Waals surface area contributed by atoms with Crippen LogP contribution < -0.4 is 0 Å². The summed E-state index contributed by atoms with van der Waals surface area (Å²) in [5.74, 6) is 0. The SMILES string of the molecule is Cc1ccn(-c2ccccc2N=C=O)n1. The molecule has 0 N–H and O–H groups in total. The fourth-order valence-electron chi connectivity index (χ4n) is 1.35. The third-order valence-electron chi connectivity index (χ3n) is 2.02. The molecule has 0 spiro atoms. The van der Waals surface area contributed by atoms with Crippen molar-refractivity contribution in [2.24, 2.45) is 4.99 Å². The molecule has 0 saturated carbocycles. The molecule has 0 bridgehead atoms. The first-order valence-electron chi connectivity index (χ1n) is 4.51. The number of rotatable bonds is 2. The van der Waals surface area contributed by atoms with E-state index in [9.17, 15) is 4.79 Å². The Hall–Kier alpha value is -2.19. The number of carbonyl (C=O) groups excluding carboxylic acids is 1. The zero-order valence-corrected chi connectivity index (χ0v) is 8.21. The van der Waals surface area contributed by atoms with Crippen LogP contribution in [0.5, 0.6) is 0 Å². The topological polar surface area (TPSA) is 47.2 Å². The van der Waals surface area contributed by atoms with Crippen LogP contribution in [0.3, 0.4) is 0 Å². The van der Waals surface area contributed by atoms with Crippen molar-refractivity contribution in [2.45, 2.75) is 6.92 Å². The number of aliphatic imine (C=N–C) groups is 1. The summed E-state index contributed by atoms with van der Waals surface area (Å²) in [6, 6.07) is 9.17. The summed E-state index contributed by atoms with van der Waals surface area (Å²) >= 11 is 0. The van der Waals surface area contributed by atoms with Crippen LogP contribution in [0.1, 0.15) is 5.69 Å². The van der Waals surface area contributed by atoms with Gasteiger partial charge in [-0.15, -0.1) is 0 Å². The highest BCUT2D eigenvalue weighted by atomic mass is 16.1. The predicted octanol–water partition coefficient (Wildman–Crippen LogP) is 2.15. The molecule has 0 aliphatic heterocycles. The van der Waals surface area contributed by atoms with Gasteiger partial charge >= 0.3 is 0 Å². The van der Waals surface area contributed by atoms with Crippen LogP contribution in [0.15, 0.2) is 41.5 Å². The second-order valence-electron chi connectivity index (χ2n) is 3.09. The van der Waals surface area contributed by atoms with Gasteiger partial charge in [-0.25, -0.2) is 9.48 Å². The number of nitrogens with zero attached hydrogens (tertiary/aromatic N) is 3. The summed E-state index contributed by atoms with van der Waals surface area (Å²) in [6.07, 6.45) is 3.36. The molecular weight excluding hydrogens is 190 g/mol. The fraction of sp³-hybridized carbons (Fsp3) is 0.0909. The quantitative estimate of drug-likeness (QED) is 0.549. The van der Waals surface area contributed by atoms with E-state index >= 15 is 0 Å². The average Bonchev–Trinajstić information content (AvgIpc) is 2.66. The van der Waals surface area contributed by atoms with Gasteiger partial charge in [-0.2, -0.15) is 10.1 Å². The largest absolute Gasteiger partial charge is 0.240 e. The van der Waals surface area contributed by atoms with Crippen molar-refractivity contribution in [2.75, 3.05) is 0 Å². The molecule has 1 aromatic heterocycles. The van der Waals surface area contributed by atoms with Gasteiger partial charge in [-0.1, -0.05) is 12.1 Å². The Bertz CT molecular complexity index is 524. The molecule has 0 saturated heterocycles. The van der Waals surface area contributed by atoms with Gasteiger partial charge in [0.25, 0.3) is 0 Å². The van der Waals surface area contributed by atoms with E-state index in [1.54, 1.807) is 10.7 Å². The van der Waals surface area contributed by atoms with E-state index in [1.165, 1.54) is 6.08 Å².